The zero-order valence-corrected chi connectivity index (χ0v) is 16.4. The molecule has 7 heteroatoms. The van der Waals surface area contributed by atoms with Crippen LogP contribution in [-0.2, 0) is 20.8 Å². The summed E-state index contributed by atoms with van der Waals surface area (Å²) in [6.07, 6.45) is 0.582. The van der Waals surface area contributed by atoms with Gasteiger partial charge in [-0.3, -0.25) is 14.6 Å². The highest BCUT2D eigenvalue weighted by Crippen LogP contribution is 2.40. The van der Waals surface area contributed by atoms with Crippen LogP contribution in [0.1, 0.15) is 25.8 Å². The molecule has 2 aliphatic heterocycles. The third-order valence-electron chi connectivity index (χ3n) is 5.55. The fourth-order valence-electron chi connectivity index (χ4n) is 4.33. The lowest BCUT2D eigenvalue weighted by atomic mass is 9.94. The molecule has 2 heterocycles. The van der Waals surface area contributed by atoms with Gasteiger partial charge in [-0.05, 0) is 25.8 Å². The number of rotatable bonds is 8. The molecule has 148 valence electrons. The van der Waals surface area contributed by atoms with E-state index in [2.05, 4.69) is 17.0 Å². The van der Waals surface area contributed by atoms with E-state index in [1.807, 2.05) is 32.0 Å². The van der Waals surface area contributed by atoms with Gasteiger partial charge in [-0.15, -0.1) is 0 Å². The van der Waals surface area contributed by atoms with E-state index in [0.29, 0.717) is 32.7 Å². The fourth-order valence-corrected chi connectivity index (χ4v) is 4.33. The number of carbonyl (C=O) groups excluding carboxylic acids is 2. The number of likely N-dealkylation sites (N-methyl/N-ethyl adjacent to an activating group) is 2. The molecule has 3 amide bonds. The van der Waals surface area contributed by atoms with Gasteiger partial charge in [0.15, 0.2) is 0 Å². The molecule has 3 rings (SSSR count). The molecule has 2 saturated heterocycles. The summed E-state index contributed by atoms with van der Waals surface area (Å²) in [6, 6.07) is 10.0. The minimum Gasteiger partial charge on any atom is -0.359 e. The first kappa shape index (κ1) is 19.8. The lowest BCUT2D eigenvalue weighted by Gasteiger charge is -2.30. The number of methoxy groups -OCH3 is 1. The molecule has 1 aromatic carbocycles. The van der Waals surface area contributed by atoms with E-state index in [-0.39, 0.29) is 24.8 Å². The predicted molar refractivity (Wildman–Crippen MR) is 101 cm³/mol. The van der Waals surface area contributed by atoms with Crippen LogP contribution in [0.4, 0.5) is 4.79 Å². The minimum absolute atomic E-state index is 0.0444. The second-order valence-corrected chi connectivity index (χ2v) is 7.13. The average molecular weight is 375 g/mol. The maximum atomic E-state index is 13.2. The molecule has 0 bridgehead atoms. The molecule has 1 aromatic rings. The number of ether oxygens (including phenoxy) is 2. The molecule has 1 spiro atoms. The van der Waals surface area contributed by atoms with E-state index < -0.39 is 5.54 Å². The average Bonchev–Trinajstić information content (AvgIpc) is 3.11. The molecular formula is C20H29N3O4. The standard InChI is InChI=1S/C20H29N3O4/c1-4-22-18(24)20(23(5-2)19(22)25)11-17(13-27-15-26-3)21(14-20)12-16-9-7-6-8-10-16/h6-10,17H,4-5,11-15H2,1-3H3/t17-,20+/m0/s1. The highest BCUT2D eigenvalue weighted by molar-refractivity contribution is 6.07. The SMILES string of the molecule is CCN1C(=O)N(CC)[C@@]2(C[C@@H](COCOC)N(Cc3ccccc3)C2)C1=O. The first-order chi connectivity index (χ1) is 13.1. The number of imide groups is 1. The lowest BCUT2D eigenvalue weighted by Crippen LogP contribution is -2.51. The molecule has 0 saturated carbocycles. The molecule has 0 unspecified atom stereocenters. The van der Waals surface area contributed by atoms with Crippen LogP contribution in [0.5, 0.6) is 0 Å². The molecular weight excluding hydrogens is 346 g/mol. The Hall–Kier alpha value is -1.96. The van der Waals surface area contributed by atoms with Crippen LogP contribution in [0.25, 0.3) is 0 Å². The maximum absolute atomic E-state index is 13.2. The molecule has 0 N–H and O–H groups in total. The number of hydrogen-bond acceptors (Lipinski definition) is 5. The van der Waals surface area contributed by atoms with Crippen molar-refractivity contribution in [3.63, 3.8) is 0 Å². The molecule has 0 radical (unpaired) electrons. The topological polar surface area (TPSA) is 62.3 Å². The van der Waals surface area contributed by atoms with Crippen LogP contribution < -0.4 is 0 Å². The summed E-state index contributed by atoms with van der Waals surface area (Å²) >= 11 is 0. The van der Waals surface area contributed by atoms with E-state index in [0.717, 1.165) is 6.54 Å². The number of nitrogens with zero attached hydrogens (tertiary/aromatic N) is 3. The van der Waals surface area contributed by atoms with Crippen LogP contribution in [0.2, 0.25) is 0 Å². The Morgan fingerprint density at radius 3 is 2.52 bits per heavy atom. The summed E-state index contributed by atoms with van der Waals surface area (Å²) < 4.78 is 10.6. The van der Waals surface area contributed by atoms with E-state index in [1.165, 1.54) is 10.5 Å². The Morgan fingerprint density at radius 2 is 1.89 bits per heavy atom. The Bertz CT molecular complexity index is 668. The molecule has 0 aromatic heterocycles. The molecule has 2 fully saturated rings. The van der Waals surface area contributed by atoms with E-state index >= 15 is 0 Å². The number of hydrogen-bond donors (Lipinski definition) is 0. The normalized spacial score (nSPS) is 26.0. The molecule has 0 aliphatic carbocycles. The summed E-state index contributed by atoms with van der Waals surface area (Å²) in [5.74, 6) is -0.0795. The Morgan fingerprint density at radius 1 is 1.15 bits per heavy atom. The number of benzene rings is 1. The second-order valence-electron chi connectivity index (χ2n) is 7.13. The summed E-state index contributed by atoms with van der Waals surface area (Å²) in [5.41, 5.74) is 0.385. The summed E-state index contributed by atoms with van der Waals surface area (Å²) in [5, 5.41) is 0. The van der Waals surface area contributed by atoms with Crippen LogP contribution in [-0.4, -0.2) is 78.4 Å². The summed E-state index contributed by atoms with van der Waals surface area (Å²) in [7, 11) is 1.59. The van der Waals surface area contributed by atoms with Gasteiger partial charge in [0.05, 0.1) is 6.61 Å². The van der Waals surface area contributed by atoms with Gasteiger partial charge < -0.3 is 14.4 Å². The highest BCUT2D eigenvalue weighted by Gasteiger charge is 2.61. The van der Waals surface area contributed by atoms with Crippen LogP contribution in [0.15, 0.2) is 30.3 Å². The quantitative estimate of drug-likeness (QED) is 0.395. The maximum Gasteiger partial charge on any atom is 0.327 e. The smallest absolute Gasteiger partial charge is 0.327 e. The first-order valence-corrected chi connectivity index (χ1v) is 9.55. The third kappa shape index (κ3) is 3.59. The Kier molecular flexibility index (Phi) is 6.14. The van der Waals surface area contributed by atoms with Crippen LogP contribution in [0, 0.1) is 0 Å². The highest BCUT2D eigenvalue weighted by atomic mass is 16.7. The first-order valence-electron chi connectivity index (χ1n) is 9.55. The number of urea groups is 1. The largest absolute Gasteiger partial charge is 0.359 e. The summed E-state index contributed by atoms with van der Waals surface area (Å²) in [6.45, 7) is 6.63. The Labute approximate surface area is 160 Å². The van der Waals surface area contributed by atoms with Crippen molar-refractivity contribution in [3.8, 4) is 0 Å². The fraction of sp³-hybridized carbons (Fsp3) is 0.600. The summed E-state index contributed by atoms with van der Waals surface area (Å²) in [4.78, 5) is 31.3. The predicted octanol–water partition coefficient (Wildman–Crippen LogP) is 1.92. The van der Waals surface area contributed by atoms with Crippen molar-refractivity contribution in [1.82, 2.24) is 14.7 Å². The van der Waals surface area contributed by atoms with Gasteiger partial charge in [-0.25, -0.2) is 4.79 Å². The molecule has 7 nitrogen and oxygen atoms in total. The number of likely N-dealkylation sites (tertiary alicyclic amines) is 1. The van der Waals surface area contributed by atoms with Crippen molar-refractivity contribution in [1.29, 1.82) is 0 Å². The minimum atomic E-state index is -0.794. The van der Waals surface area contributed by atoms with Gasteiger partial charge in [0, 0.05) is 39.3 Å². The van der Waals surface area contributed by atoms with Crippen molar-refractivity contribution in [2.45, 2.75) is 38.4 Å². The van der Waals surface area contributed by atoms with E-state index in [1.54, 1.807) is 12.0 Å². The van der Waals surface area contributed by atoms with E-state index in [4.69, 9.17) is 9.47 Å². The van der Waals surface area contributed by atoms with Gasteiger partial charge in [0.25, 0.3) is 5.91 Å². The monoisotopic (exact) mass is 375 g/mol. The third-order valence-corrected chi connectivity index (χ3v) is 5.55. The van der Waals surface area contributed by atoms with Gasteiger partial charge in [0.1, 0.15) is 12.3 Å². The zero-order chi connectivity index (χ0) is 19.4. The van der Waals surface area contributed by atoms with Crippen LogP contribution in [0.3, 0.4) is 0 Å². The number of amides is 3. The van der Waals surface area contributed by atoms with Crippen molar-refractivity contribution in [2.75, 3.05) is 40.1 Å². The molecule has 2 aliphatic rings. The van der Waals surface area contributed by atoms with Gasteiger partial charge in [0.2, 0.25) is 0 Å². The molecule has 2 atom stereocenters. The van der Waals surface area contributed by atoms with Gasteiger partial charge in [-0.1, -0.05) is 30.3 Å². The second kappa shape index (κ2) is 8.37. The van der Waals surface area contributed by atoms with Crippen molar-refractivity contribution in [3.05, 3.63) is 35.9 Å². The van der Waals surface area contributed by atoms with Gasteiger partial charge in [-0.2, -0.15) is 0 Å². The van der Waals surface area contributed by atoms with Gasteiger partial charge >= 0.3 is 6.03 Å². The zero-order valence-electron chi connectivity index (χ0n) is 16.4. The Balaban J connectivity index is 1.86. The van der Waals surface area contributed by atoms with E-state index in [9.17, 15) is 9.59 Å². The van der Waals surface area contributed by atoms with Crippen molar-refractivity contribution in [2.24, 2.45) is 0 Å². The van der Waals surface area contributed by atoms with Crippen molar-refractivity contribution >= 4 is 11.9 Å². The number of carbonyl (C=O) groups is 2. The van der Waals surface area contributed by atoms with Crippen molar-refractivity contribution < 1.29 is 19.1 Å². The van der Waals surface area contributed by atoms with Crippen LogP contribution >= 0.6 is 0 Å². The molecule has 27 heavy (non-hydrogen) atoms. The lowest BCUT2D eigenvalue weighted by molar-refractivity contribution is -0.132.